The molecule has 2 aromatic heterocycles. The molecule has 3 aromatic rings. The minimum absolute atomic E-state index is 0.0892. The molecule has 0 aliphatic carbocycles. The maximum atomic E-state index is 14.0. The van der Waals surface area contributed by atoms with Crippen LogP contribution in [0.4, 0.5) is 8.78 Å². The average Bonchev–Trinajstić information content (AvgIpc) is 2.80. The Morgan fingerprint density at radius 3 is 2.85 bits per heavy atom. The van der Waals surface area contributed by atoms with Gasteiger partial charge in [-0.25, -0.2) is 18.7 Å². The van der Waals surface area contributed by atoms with Gasteiger partial charge in [-0.15, -0.1) is 11.6 Å². The lowest BCUT2D eigenvalue weighted by molar-refractivity contribution is 0.591. The molecule has 0 N–H and O–H groups in total. The first-order valence-corrected chi connectivity index (χ1v) is 6.58. The van der Waals surface area contributed by atoms with Crippen LogP contribution < -0.4 is 0 Å². The van der Waals surface area contributed by atoms with Gasteiger partial charge >= 0.3 is 0 Å². The van der Waals surface area contributed by atoms with E-state index in [0.717, 1.165) is 18.2 Å². The van der Waals surface area contributed by atoms with Gasteiger partial charge in [-0.1, -0.05) is 0 Å². The predicted octanol–water partition coefficient (Wildman–Crippen LogP) is 3.48. The van der Waals surface area contributed by atoms with E-state index in [1.54, 1.807) is 18.3 Å². The van der Waals surface area contributed by atoms with Gasteiger partial charge in [0, 0.05) is 24.6 Å². The molecule has 3 nitrogen and oxygen atoms in total. The minimum atomic E-state index is -0.535. The number of alkyl halides is 1. The molecule has 0 saturated carbocycles. The molecule has 0 unspecified atom stereocenters. The quantitative estimate of drug-likeness (QED) is 0.692. The third kappa shape index (κ3) is 2.14. The summed E-state index contributed by atoms with van der Waals surface area (Å²) in [4.78, 5) is 8.58. The maximum Gasteiger partial charge on any atom is 0.164 e. The second-order valence-electron chi connectivity index (χ2n) is 4.24. The molecule has 1 aromatic carbocycles. The number of halogens is 3. The summed E-state index contributed by atoms with van der Waals surface area (Å²) in [6.45, 7) is 0. The lowest BCUT2D eigenvalue weighted by Crippen LogP contribution is -2.05. The van der Waals surface area contributed by atoms with Gasteiger partial charge in [0.05, 0.1) is 5.69 Å². The molecule has 102 valence electrons. The number of fused-ring (bicyclic) bond motifs is 1. The number of imidazole rings is 1. The normalized spacial score (nSPS) is 11.2. The summed E-state index contributed by atoms with van der Waals surface area (Å²) in [7, 11) is 0. The van der Waals surface area contributed by atoms with Crippen LogP contribution in [-0.4, -0.2) is 20.4 Å². The van der Waals surface area contributed by atoms with E-state index < -0.39 is 11.6 Å². The zero-order valence-electron chi connectivity index (χ0n) is 10.4. The van der Waals surface area contributed by atoms with Crippen LogP contribution in [0.5, 0.6) is 0 Å². The number of benzene rings is 1. The van der Waals surface area contributed by atoms with Crippen molar-refractivity contribution in [2.45, 2.75) is 6.42 Å². The fourth-order valence-corrected chi connectivity index (χ4v) is 2.29. The predicted molar refractivity (Wildman–Crippen MR) is 73.2 cm³/mol. The van der Waals surface area contributed by atoms with E-state index in [-0.39, 0.29) is 5.69 Å². The van der Waals surface area contributed by atoms with E-state index in [1.807, 2.05) is 0 Å². The standard InChI is InChI=1S/C14H10ClF2N3/c15-6-5-13-19-11-2-1-7-18-14(11)20(13)12-8-9(16)3-4-10(12)17/h1-4,7-8H,5-6H2. The highest BCUT2D eigenvalue weighted by Gasteiger charge is 2.16. The Balaban J connectivity index is 2.33. The first kappa shape index (κ1) is 13.0. The van der Waals surface area contributed by atoms with Crippen LogP contribution in [-0.2, 0) is 6.42 Å². The second kappa shape index (κ2) is 5.17. The molecular formula is C14H10ClF2N3. The van der Waals surface area contributed by atoms with Gasteiger partial charge in [0.2, 0.25) is 0 Å². The highest BCUT2D eigenvalue weighted by atomic mass is 35.5. The van der Waals surface area contributed by atoms with Gasteiger partial charge < -0.3 is 0 Å². The van der Waals surface area contributed by atoms with Gasteiger partial charge in [0.25, 0.3) is 0 Å². The summed E-state index contributed by atoms with van der Waals surface area (Å²) in [6, 6.07) is 6.80. The third-order valence-electron chi connectivity index (χ3n) is 2.95. The number of aryl methyl sites for hydroxylation is 1. The van der Waals surface area contributed by atoms with Crippen molar-refractivity contribution >= 4 is 22.8 Å². The van der Waals surface area contributed by atoms with E-state index in [4.69, 9.17) is 11.6 Å². The van der Waals surface area contributed by atoms with Crippen molar-refractivity contribution < 1.29 is 8.78 Å². The average molecular weight is 294 g/mol. The van der Waals surface area contributed by atoms with Crippen molar-refractivity contribution in [2.75, 3.05) is 5.88 Å². The number of hydrogen-bond acceptors (Lipinski definition) is 2. The lowest BCUT2D eigenvalue weighted by atomic mass is 10.2. The summed E-state index contributed by atoms with van der Waals surface area (Å²) >= 11 is 5.75. The molecule has 6 heteroatoms. The van der Waals surface area contributed by atoms with Crippen LogP contribution >= 0.6 is 11.6 Å². The molecule has 20 heavy (non-hydrogen) atoms. The van der Waals surface area contributed by atoms with Crippen molar-refractivity contribution in [1.82, 2.24) is 14.5 Å². The van der Waals surface area contributed by atoms with Crippen LogP contribution in [0, 0.1) is 11.6 Å². The number of nitrogens with zero attached hydrogens (tertiary/aromatic N) is 3. The summed E-state index contributed by atoms with van der Waals surface area (Å²) in [5.74, 6) is -0.165. The van der Waals surface area contributed by atoms with Crippen molar-refractivity contribution in [3.05, 3.63) is 54.0 Å². The first-order valence-electron chi connectivity index (χ1n) is 6.04. The zero-order valence-corrected chi connectivity index (χ0v) is 11.1. The minimum Gasteiger partial charge on any atom is -0.278 e. The van der Waals surface area contributed by atoms with Gasteiger partial charge in [-0.05, 0) is 24.3 Å². The summed E-state index contributed by atoms with van der Waals surface area (Å²) in [6.07, 6.45) is 2.02. The Hall–Kier alpha value is -2.01. The summed E-state index contributed by atoms with van der Waals surface area (Å²) < 4.78 is 28.9. The smallest absolute Gasteiger partial charge is 0.164 e. The Morgan fingerprint density at radius 2 is 2.05 bits per heavy atom. The van der Waals surface area contributed by atoms with E-state index >= 15 is 0 Å². The van der Waals surface area contributed by atoms with Crippen LogP contribution in [0.15, 0.2) is 36.5 Å². The Bertz CT molecular complexity index is 770. The van der Waals surface area contributed by atoms with Gasteiger partial charge in [0.1, 0.15) is 23.0 Å². The van der Waals surface area contributed by atoms with E-state index in [2.05, 4.69) is 9.97 Å². The topological polar surface area (TPSA) is 30.7 Å². The molecular weight excluding hydrogens is 284 g/mol. The van der Waals surface area contributed by atoms with E-state index in [1.165, 1.54) is 4.57 Å². The zero-order chi connectivity index (χ0) is 14.1. The molecule has 0 spiro atoms. The molecule has 0 radical (unpaired) electrons. The van der Waals surface area contributed by atoms with Crippen LogP contribution in [0.1, 0.15) is 5.82 Å². The Kier molecular flexibility index (Phi) is 3.36. The number of hydrogen-bond donors (Lipinski definition) is 0. The molecule has 0 atom stereocenters. The lowest BCUT2D eigenvalue weighted by Gasteiger charge is -2.09. The maximum absolute atomic E-state index is 14.0. The number of pyridine rings is 1. The SMILES string of the molecule is Fc1ccc(F)c(-n2c(CCCl)nc3cccnc32)c1. The van der Waals surface area contributed by atoms with Gasteiger partial charge in [-0.2, -0.15) is 0 Å². The molecule has 0 aliphatic heterocycles. The van der Waals surface area contributed by atoms with Crippen molar-refractivity contribution in [2.24, 2.45) is 0 Å². The largest absolute Gasteiger partial charge is 0.278 e. The Morgan fingerprint density at radius 1 is 1.20 bits per heavy atom. The van der Waals surface area contributed by atoms with Crippen molar-refractivity contribution in [3.8, 4) is 5.69 Å². The highest BCUT2D eigenvalue weighted by Crippen LogP contribution is 2.23. The van der Waals surface area contributed by atoms with Crippen LogP contribution in [0.25, 0.3) is 16.9 Å². The molecule has 0 bridgehead atoms. The van der Waals surface area contributed by atoms with E-state index in [0.29, 0.717) is 29.3 Å². The molecule has 0 amide bonds. The summed E-state index contributed by atoms with van der Waals surface area (Å²) in [5, 5.41) is 0. The highest BCUT2D eigenvalue weighted by molar-refractivity contribution is 6.17. The molecule has 2 heterocycles. The molecule has 3 rings (SSSR count). The fourth-order valence-electron chi connectivity index (χ4n) is 2.12. The van der Waals surface area contributed by atoms with Gasteiger partial charge in [0.15, 0.2) is 5.65 Å². The van der Waals surface area contributed by atoms with Crippen LogP contribution in [0.2, 0.25) is 0 Å². The third-order valence-corrected chi connectivity index (χ3v) is 3.14. The Labute approximate surface area is 118 Å². The van der Waals surface area contributed by atoms with E-state index in [9.17, 15) is 8.78 Å². The molecule has 0 fully saturated rings. The number of rotatable bonds is 3. The van der Waals surface area contributed by atoms with Crippen molar-refractivity contribution in [3.63, 3.8) is 0 Å². The van der Waals surface area contributed by atoms with Gasteiger partial charge in [-0.3, -0.25) is 4.57 Å². The fraction of sp³-hybridized carbons (Fsp3) is 0.143. The summed E-state index contributed by atoms with van der Waals surface area (Å²) in [5.41, 5.74) is 1.19. The molecule has 0 aliphatic rings. The van der Waals surface area contributed by atoms with Crippen LogP contribution in [0.3, 0.4) is 0 Å². The second-order valence-corrected chi connectivity index (χ2v) is 4.62. The number of aromatic nitrogens is 3. The molecule has 0 saturated heterocycles. The van der Waals surface area contributed by atoms with Crippen molar-refractivity contribution in [1.29, 1.82) is 0 Å². The monoisotopic (exact) mass is 293 g/mol. The first-order chi connectivity index (χ1) is 9.70.